The summed E-state index contributed by atoms with van der Waals surface area (Å²) in [6.45, 7) is 2.99. The number of aryl methyl sites for hydroxylation is 1. The van der Waals surface area contributed by atoms with Gasteiger partial charge in [-0.15, -0.1) is 10.2 Å². The van der Waals surface area contributed by atoms with Crippen LogP contribution in [0.5, 0.6) is 5.75 Å². The van der Waals surface area contributed by atoms with Gasteiger partial charge in [-0.05, 0) is 48.2 Å². The third-order valence-electron chi connectivity index (χ3n) is 4.83. The number of phenolic OH excluding ortho intramolecular Hbond substituents is 1. The van der Waals surface area contributed by atoms with Crippen molar-refractivity contribution in [3.8, 4) is 16.9 Å². The molecule has 0 amide bonds. The van der Waals surface area contributed by atoms with Gasteiger partial charge >= 0.3 is 0 Å². The lowest BCUT2D eigenvalue weighted by molar-refractivity contribution is 0.475. The summed E-state index contributed by atoms with van der Waals surface area (Å²) >= 11 is 0. The van der Waals surface area contributed by atoms with Crippen LogP contribution in [0.4, 0.5) is 0 Å². The number of phenols is 1. The summed E-state index contributed by atoms with van der Waals surface area (Å²) in [6.07, 6.45) is 0.722. The molecule has 2 aromatic carbocycles. The second-order valence-electron chi connectivity index (χ2n) is 6.77. The maximum atomic E-state index is 12.6. The molecule has 0 fully saturated rings. The molecule has 1 aromatic heterocycles. The molecule has 0 saturated carbocycles. The molecule has 8 heteroatoms. The first-order valence-corrected chi connectivity index (χ1v) is 10.2. The first-order valence-electron chi connectivity index (χ1n) is 8.70. The number of nitrogens with zero attached hydrogens (tertiary/aromatic N) is 3. The van der Waals surface area contributed by atoms with Gasteiger partial charge in [0.15, 0.2) is 0 Å². The molecule has 0 saturated heterocycles. The largest absolute Gasteiger partial charge is 0.508 e. The highest BCUT2D eigenvalue weighted by atomic mass is 32.2. The number of hydrogen-bond donors (Lipinski definition) is 2. The molecule has 0 spiro atoms. The van der Waals surface area contributed by atoms with Crippen molar-refractivity contribution in [3.05, 3.63) is 60.2 Å². The SMILES string of the molecule is Cc1nnc2n1CC(CNS(=O)(=O)c1ccc(-c3cccc(O)c3)cc1)C2. The van der Waals surface area contributed by atoms with E-state index in [4.69, 9.17) is 0 Å². The van der Waals surface area contributed by atoms with Crippen LogP contribution in [-0.4, -0.2) is 34.8 Å². The Morgan fingerprint density at radius 3 is 2.63 bits per heavy atom. The van der Waals surface area contributed by atoms with Crippen LogP contribution in [0.15, 0.2) is 53.4 Å². The van der Waals surface area contributed by atoms with Crippen LogP contribution in [0.1, 0.15) is 11.6 Å². The third-order valence-corrected chi connectivity index (χ3v) is 6.27. The van der Waals surface area contributed by atoms with E-state index in [2.05, 4.69) is 14.9 Å². The van der Waals surface area contributed by atoms with Gasteiger partial charge in [-0.25, -0.2) is 13.1 Å². The van der Waals surface area contributed by atoms with Gasteiger partial charge in [0, 0.05) is 19.5 Å². The van der Waals surface area contributed by atoms with Gasteiger partial charge in [0.2, 0.25) is 10.0 Å². The van der Waals surface area contributed by atoms with Crippen molar-refractivity contribution in [2.24, 2.45) is 5.92 Å². The highest BCUT2D eigenvalue weighted by Crippen LogP contribution is 2.25. The first-order chi connectivity index (χ1) is 12.9. The van der Waals surface area contributed by atoms with E-state index < -0.39 is 10.0 Å². The smallest absolute Gasteiger partial charge is 0.240 e. The van der Waals surface area contributed by atoms with Crippen LogP contribution in [0.2, 0.25) is 0 Å². The molecule has 1 aliphatic rings. The van der Waals surface area contributed by atoms with E-state index in [9.17, 15) is 13.5 Å². The molecule has 1 unspecified atom stereocenters. The van der Waals surface area contributed by atoms with E-state index in [1.165, 1.54) is 0 Å². The van der Waals surface area contributed by atoms with Gasteiger partial charge < -0.3 is 9.67 Å². The molecule has 1 atom stereocenters. The molecule has 1 aliphatic heterocycles. The fourth-order valence-corrected chi connectivity index (χ4v) is 4.47. The molecule has 0 radical (unpaired) electrons. The predicted molar refractivity (Wildman–Crippen MR) is 101 cm³/mol. The minimum atomic E-state index is -3.58. The van der Waals surface area contributed by atoms with Crippen molar-refractivity contribution >= 4 is 10.0 Å². The number of aromatic nitrogens is 3. The number of sulfonamides is 1. The van der Waals surface area contributed by atoms with Crippen LogP contribution >= 0.6 is 0 Å². The molecule has 0 bridgehead atoms. The standard InChI is InChI=1S/C19H20N4O3S/c1-13-21-22-19-9-14(12-23(13)19)11-20-27(25,26)18-7-5-15(6-8-18)16-3-2-4-17(24)10-16/h2-8,10,14,20,24H,9,11-12H2,1H3. The molecule has 140 valence electrons. The van der Waals surface area contributed by atoms with Crippen molar-refractivity contribution in [1.29, 1.82) is 0 Å². The zero-order valence-electron chi connectivity index (χ0n) is 14.8. The summed E-state index contributed by atoms with van der Waals surface area (Å²) in [6, 6.07) is 13.5. The summed E-state index contributed by atoms with van der Waals surface area (Å²) < 4.78 is 29.9. The number of benzene rings is 2. The van der Waals surface area contributed by atoms with E-state index >= 15 is 0 Å². The molecule has 4 rings (SSSR count). The van der Waals surface area contributed by atoms with E-state index in [0.717, 1.165) is 35.7 Å². The maximum absolute atomic E-state index is 12.6. The predicted octanol–water partition coefficient (Wildman–Crippen LogP) is 2.11. The van der Waals surface area contributed by atoms with Crippen LogP contribution in [-0.2, 0) is 23.0 Å². The summed E-state index contributed by atoms with van der Waals surface area (Å²) in [5, 5.41) is 17.7. The summed E-state index contributed by atoms with van der Waals surface area (Å²) in [7, 11) is -3.58. The Bertz CT molecular complexity index is 1070. The highest BCUT2D eigenvalue weighted by molar-refractivity contribution is 7.89. The van der Waals surface area contributed by atoms with Crippen molar-refractivity contribution in [2.75, 3.05) is 6.54 Å². The third kappa shape index (κ3) is 3.58. The number of nitrogens with one attached hydrogen (secondary N) is 1. The summed E-state index contributed by atoms with van der Waals surface area (Å²) in [5.74, 6) is 2.12. The van der Waals surface area contributed by atoms with Gasteiger partial charge in [0.05, 0.1) is 4.90 Å². The molecule has 7 nitrogen and oxygen atoms in total. The number of aromatic hydroxyl groups is 1. The van der Waals surface area contributed by atoms with E-state index in [-0.39, 0.29) is 16.6 Å². The zero-order valence-corrected chi connectivity index (χ0v) is 15.6. The lowest BCUT2D eigenvalue weighted by Gasteiger charge is -2.12. The number of hydrogen-bond acceptors (Lipinski definition) is 5. The van der Waals surface area contributed by atoms with Gasteiger partial charge in [-0.1, -0.05) is 24.3 Å². The maximum Gasteiger partial charge on any atom is 0.240 e. The molecule has 3 aromatic rings. The van der Waals surface area contributed by atoms with Crippen molar-refractivity contribution in [3.63, 3.8) is 0 Å². The van der Waals surface area contributed by atoms with Crippen molar-refractivity contribution in [1.82, 2.24) is 19.5 Å². The number of rotatable bonds is 5. The molecule has 2 heterocycles. The summed E-state index contributed by atoms with van der Waals surface area (Å²) in [5.41, 5.74) is 1.67. The molecule has 27 heavy (non-hydrogen) atoms. The Morgan fingerprint density at radius 1 is 1.15 bits per heavy atom. The minimum absolute atomic E-state index is 0.174. The second-order valence-corrected chi connectivity index (χ2v) is 8.54. The Kier molecular flexibility index (Phi) is 4.45. The lowest BCUT2D eigenvalue weighted by Crippen LogP contribution is -2.30. The van der Waals surface area contributed by atoms with Gasteiger partial charge in [-0.3, -0.25) is 0 Å². The fraction of sp³-hybridized carbons (Fsp3) is 0.263. The molecular weight excluding hydrogens is 364 g/mol. The van der Waals surface area contributed by atoms with E-state index in [0.29, 0.717) is 6.54 Å². The Morgan fingerprint density at radius 2 is 1.93 bits per heavy atom. The van der Waals surface area contributed by atoms with Crippen molar-refractivity contribution < 1.29 is 13.5 Å². The average Bonchev–Trinajstić information content (AvgIpc) is 3.22. The van der Waals surface area contributed by atoms with Gasteiger partial charge in [0.25, 0.3) is 0 Å². The highest BCUT2D eigenvalue weighted by Gasteiger charge is 2.26. The number of fused-ring (bicyclic) bond motifs is 1. The van der Waals surface area contributed by atoms with Gasteiger partial charge in [-0.2, -0.15) is 0 Å². The van der Waals surface area contributed by atoms with Gasteiger partial charge in [0.1, 0.15) is 17.4 Å². The second kappa shape index (κ2) is 6.79. The molecule has 2 N–H and O–H groups in total. The van der Waals surface area contributed by atoms with Crippen LogP contribution in [0, 0.1) is 12.8 Å². The minimum Gasteiger partial charge on any atom is -0.508 e. The normalized spacial score (nSPS) is 16.4. The Hall–Kier alpha value is -2.71. The van der Waals surface area contributed by atoms with Crippen LogP contribution < -0.4 is 4.72 Å². The quantitative estimate of drug-likeness (QED) is 0.702. The topological polar surface area (TPSA) is 97.1 Å². The molecule has 0 aliphatic carbocycles. The molecular formula is C19H20N4O3S. The van der Waals surface area contributed by atoms with E-state index in [1.54, 1.807) is 42.5 Å². The first kappa shape index (κ1) is 17.7. The fourth-order valence-electron chi connectivity index (χ4n) is 3.35. The average molecular weight is 384 g/mol. The Balaban J connectivity index is 1.43. The Labute approximate surface area is 157 Å². The van der Waals surface area contributed by atoms with Crippen LogP contribution in [0.25, 0.3) is 11.1 Å². The van der Waals surface area contributed by atoms with E-state index in [1.807, 2.05) is 17.6 Å². The summed E-state index contributed by atoms with van der Waals surface area (Å²) in [4.78, 5) is 0.222. The lowest BCUT2D eigenvalue weighted by atomic mass is 10.1. The van der Waals surface area contributed by atoms with Crippen LogP contribution in [0.3, 0.4) is 0 Å². The monoisotopic (exact) mass is 384 g/mol. The van der Waals surface area contributed by atoms with Crippen molar-refractivity contribution in [2.45, 2.75) is 24.8 Å². The zero-order chi connectivity index (χ0) is 19.0.